The van der Waals surface area contributed by atoms with E-state index in [1.807, 2.05) is 6.07 Å². The zero-order valence-corrected chi connectivity index (χ0v) is 13.5. The molecule has 0 aromatic heterocycles. The molecule has 0 N–H and O–H groups in total. The highest BCUT2D eigenvalue weighted by Crippen LogP contribution is 2.24. The Morgan fingerprint density at radius 2 is 1.89 bits per heavy atom. The van der Waals surface area contributed by atoms with E-state index in [1.165, 1.54) is 7.11 Å². The molecule has 1 unspecified atom stereocenters. The summed E-state index contributed by atoms with van der Waals surface area (Å²) in [6.45, 7) is 1.01. The molecule has 1 fully saturated rings. The lowest BCUT2D eigenvalue weighted by molar-refractivity contribution is -0.144. The minimum absolute atomic E-state index is 0.0617. The van der Waals surface area contributed by atoms with E-state index in [2.05, 4.69) is 31.9 Å². The highest BCUT2D eigenvalue weighted by Gasteiger charge is 2.32. The van der Waals surface area contributed by atoms with Gasteiger partial charge in [0.25, 0.3) is 5.91 Å². The first-order chi connectivity index (χ1) is 9.01. The molecular formula is C13H13Br2NO3. The van der Waals surface area contributed by atoms with E-state index >= 15 is 0 Å². The predicted molar refractivity (Wildman–Crippen MR) is 77.9 cm³/mol. The molecule has 102 valence electrons. The fraction of sp³-hybridized carbons (Fsp3) is 0.385. The van der Waals surface area contributed by atoms with Crippen LogP contribution in [0.15, 0.2) is 27.1 Å². The molecule has 19 heavy (non-hydrogen) atoms. The van der Waals surface area contributed by atoms with Gasteiger partial charge in [-0.2, -0.15) is 0 Å². The van der Waals surface area contributed by atoms with Gasteiger partial charge in [0.1, 0.15) is 0 Å². The maximum absolute atomic E-state index is 12.3. The molecule has 0 spiro atoms. The number of carbonyl (C=O) groups is 2. The number of amides is 1. The Kier molecular flexibility index (Phi) is 4.62. The first-order valence-electron chi connectivity index (χ1n) is 5.84. The lowest BCUT2D eigenvalue weighted by atomic mass is 10.1. The topological polar surface area (TPSA) is 46.6 Å². The van der Waals surface area contributed by atoms with E-state index in [9.17, 15) is 9.59 Å². The normalized spacial score (nSPS) is 18.5. The van der Waals surface area contributed by atoms with E-state index in [-0.39, 0.29) is 17.8 Å². The van der Waals surface area contributed by atoms with Gasteiger partial charge in [-0.05, 0) is 24.6 Å². The number of esters is 1. The van der Waals surface area contributed by atoms with Crippen molar-refractivity contribution in [3.63, 3.8) is 0 Å². The lowest BCUT2D eigenvalue weighted by Crippen LogP contribution is -2.30. The van der Waals surface area contributed by atoms with Crippen LogP contribution in [0.2, 0.25) is 0 Å². The van der Waals surface area contributed by atoms with Gasteiger partial charge in [0.2, 0.25) is 0 Å². The quantitative estimate of drug-likeness (QED) is 0.729. The first-order valence-corrected chi connectivity index (χ1v) is 7.43. The zero-order chi connectivity index (χ0) is 14.0. The Bertz CT molecular complexity index is 498. The minimum atomic E-state index is -0.245. The van der Waals surface area contributed by atoms with Crippen molar-refractivity contribution in [3.8, 4) is 0 Å². The van der Waals surface area contributed by atoms with Crippen molar-refractivity contribution in [1.82, 2.24) is 4.90 Å². The van der Waals surface area contributed by atoms with Crippen molar-refractivity contribution in [2.75, 3.05) is 20.2 Å². The smallest absolute Gasteiger partial charge is 0.310 e. The molecule has 1 aromatic rings. The summed E-state index contributed by atoms with van der Waals surface area (Å²) in [4.78, 5) is 25.5. The molecule has 0 radical (unpaired) electrons. The molecule has 1 aliphatic rings. The molecular weight excluding hydrogens is 378 g/mol. The number of halogens is 2. The Morgan fingerprint density at radius 3 is 2.47 bits per heavy atom. The Balaban J connectivity index is 2.11. The Labute approximate surface area is 128 Å². The van der Waals surface area contributed by atoms with Crippen molar-refractivity contribution >= 4 is 43.7 Å². The molecule has 6 heteroatoms. The van der Waals surface area contributed by atoms with Gasteiger partial charge in [-0.15, -0.1) is 0 Å². The van der Waals surface area contributed by atoms with Crippen molar-refractivity contribution in [2.45, 2.75) is 6.42 Å². The third kappa shape index (κ3) is 3.36. The van der Waals surface area contributed by atoms with Crippen LogP contribution in [0.5, 0.6) is 0 Å². The van der Waals surface area contributed by atoms with Gasteiger partial charge in [0.05, 0.1) is 13.0 Å². The molecule has 0 aliphatic carbocycles. The maximum atomic E-state index is 12.3. The Hall–Kier alpha value is -0.880. The SMILES string of the molecule is COC(=O)C1CCN(C(=O)c2cc(Br)cc(Br)c2)C1. The van der Waals surface area contributed by atoms with Crippen LogP contribution in [-0.2, 0) is 9.53 Å². The molecule has 1 saturated heterocycles. The fourth-order valence-electron chi connectivity index (χ4n) is 2.16. The van der Waals surface area contributed by atoms with Crippen LogP contribution in [0, 0.1) is 5.92 Å². The van der Waals surface area contributed by atoms with Crippen LogP contribution in [0.3, 0.4) is 0 Å². The van der Waals surface area contributed by atoms with Crippen molar-refractivity contribution in [1.29, 1.82) is 0 Å². The number of nitrogens with zero attached hydrogens (tertiary/aromatic N) is 1. The van der Waals surface area contributed by atoms with E-state index in [1.54, 1.807) is 17.0 Å². The number of carbonyl (C=O) groups excluding carboxylic acids is 2. The lowest BCUT2D eigenvalue weighted by Gasteiger charge is -2.16. The second kappa shape index (κ2) is 6.05. The Morgan fingerprint density at radius 1 is 1.26 bits per heavy atom. The van der Waals surface area contributed by atoms with Gasteiger partial charge in [-0.25, -0.2) is 0 Å². The highest BCUT2D eigenvalue weighted by atomic mass is 79.9. The summed E-state index contributed by atoms with van der Waals surface area (Å²) < 4.78 is 6.40. The summed E-state index contributed by atoms with van der Waals surface area (Å²) in [5.41, 5.74) is 0.603. The monoisotopic (exact) mass is 389 g/mol. The molecule has 0 saturated carbocycles. The van der Waals surface area contributed by atoms with Crippen molar-refractivity contribution < 1.29 is 14.3 Å². The number of benzene rings is 1. The van der Waals surface area contributed by atoms with Gasteiger partial charge in [-0.1, -0.05) is 31.9 Å². The van der Waals surface area contributed by atoms with Crippen LogP contribution in [0.1, 0.15) is 16.8 Å². The number of ether oxygens (including phenoxy) is 1. The average Bonchev–Trinajstić information content (AvgIpc) is 2.85. The van der Waals surface area contributed by atoms with Gasteiger partial charge in [0, 0.05) is 27.6 Å². The molecule has 1 heterocycles. The van der Waals surface area contributed by atoms with E-state index in [0.717, 1.165) is 8.95 Å². The second-order valence-corrected chi connectivity index (χ2v) is 6.25. The van der Waals surface area contributed by atoms with Crippen LogP contribution < -0.4 is 0 Å². The molecule has 4 nitrogen and oxygen atoms in total. The maximum Gasteiger partial charge on any atom is 0.310 e. The van der Waals surface area contributed by atoms with E-state index in [0.29, 0.717) is 25.1 Å². The summed E-state index contributed by atoms with van der Waals surface area (Å²) in [6, 6.07) is 5.43. The predicted octanol–water partition coefficient (Wildman–Crippen LogP) is 2.85. The van der Waals surface area contributed by atoms with Crippen molar-refractivity contribution in [3.05, 3.63) is 32.7 Å². The standard InChI is InChI=1S/C13H13Br2NO3/c1-19-13(18)8-2-3-16(7-8)12(17)9-4-10(14)6-11(15)5-9/h4-6,8H,2-3,7H2,1H3. The number of methoxy groups -OCH3 is 1. The van der Waals surface area contributed by atoms with Gasteiger partial charge < -0.3 is 9.64 Å². The van der Waals surface area contributed by atoms with E-state index < -0.39 is 0 Å². The molecule has 1 amide bonds. The summed E-state index contributed by atoms with van der Waals surface area (Å²) in [5, 5.41) is 0. The summed E-state index contributed by atoms with van der Waals surface area (Å²) >= 11 is 6.72. The fourth-order valence-corrected chi connectivity index (χ4v) is 3.46. The number of likely N-dealkylation sites (tertiary alicyclic amines) is 1. The van der Waals surface area contributed by atoms with Gasteiger partial charge in [-0.3, -0.25) is 9.59 Å². The third-order valence-electron chi connectivity index (χ3n) is 3.12. The largest absolute Gasteiger partial charge is 0.469 e. The number of hydrogen-bond acceptors (Lipinski definition) is 3. The number of rotatable bonds is 2. The van der Waals surface area contributed by atoms with Crippen molar-refractivity contribution in [2.24, 2.45) is 5.92 Å². The van der Waals surface area contributed by atoms with E-state index in [4.69, 9.17) is 4.74 Å². The first kappa shape index (κ1) is 14.5. The molecule has 1 aliphatic heterocycles. The molecule has 1 atom stereocenters. The highest BCUT2D eigenvalue weighted by molar-refractivity contribution is 9.11. The van der Waals surface area contributed by atoms with Crippen LogP contribution in [-0.4, -0.2) is 37.0 Å². The minimum Gasteiger partial charge on any atom is -0.469 e. The van der Waals surface area contributed by atoms with Crippen LogP contribution in [0.4, 0.5) is 0 Å². The van der Waals surface area contributed by atoms with Crippen LogP contribution in [0.25, 0.3) is 0 Å². The van der Waals surface area contributed by atoms with Gasteiger partial charge in [0.15, 0.2) is 0 Å². The molecule has 0 bridgehead atoms. The average molecular weight is 391 g/mol. The van der Waals surface area contributed by atoms with Gasteiger partial charge >= 0.3 is 5.97 Å². The molecule has 2 rings (SSSR count). The molecule has 1 aromatic carbocycles. The summed E-state index contributed by atoms with van der Waals surface area (Å²) in [7, 11) is 1.37. The zero-order valence-electron chi connectivity index (χ0n) is 10.4. The third-order valence-corrected chi connectivity index (χ3v) is 4.04. The number of hydrogen-bond donors (Lipinski definition) is 0. The summed E-state index contributed by atoms with van der Waals surface area (Å²) in [5.74, 6) is -0.510. The summed E-state index contributed by atoms with van der Waals surface area (Å²) in [6.07, 6.45) is 0.660. The second-order valence-electron chi connectivity index (χ2n) is 4.42. The van der Waals surface area contributed by atoms with Crippen LogP contribution >= 0.6 is 31.9 Å².